The normalized spacial score (nSPS) is 15.8. The molecule has 0 saturated heterocycles. The minimum atomic E-state index is -1.04. The molecule has 1 atom stereocenters. The zero-order valence-electron chi connectivity index (χ0n) is 24.8. The zero-order chi connectivity index (χ0) is 29.1. The maximum Gasteiger partial charge on any atom is 0.326 e. The van der Waals surface area contributed by atoms with Crippen molar-refractivity contribution in [2.45, 2.75) is 104 Å². The van der Waals surface area contributed by atoms with Gasteiger partial charge in [0.05, 0.1) is 5.69 Å². The van der Waals surface area contributed by atoms with Gasteiger partial charge in [0.2, 0.25) is 0 Å². The summed E-state index contributed by atoms with van der Waals surface area (Å²) in [6, 6.07) is 14.9. The predicted molar refractivity (Wildman–Crippen MR) is 160 cm³/mol. The number of benzene rings is 2. The number of amides is 1. The molecule has 1 saturated carbocycles. The number of carbonyl (C=O) groups excluding carboxylic acids is 1. The van der Waals surface area contributed by atoms with Crippen LogP contribution >= 0.6 is 0 Å². The minimum Gasteiger partial charge on any atom is -0.480 e. The highest BCUT2D eigenvalue weighted by molar-refractivity contribution is 5.99. The Kier molecular flexibility index (Phi) is 8.86. The molecule has 0 aliphatic heterocycles. The first-order valence-corrected chi connectivity index (χ1v) is 14.6. The fraction of sp³-hybridized carbons (Fsp3) is 0.500. The number of ether oxygens (including phenoxy) is 1. The minimum absolute atomic E-state index is 0.0714. The first kappa shape index (κ1) is 29.6. The lowest BCUT2D eigenvalue weighted by molar-refractivity contribution is -0.140. The van der Waals surface area contributed by atoms with Crippen molar-refractivity contribution in [1.29, 1.82) is 0 Å². The van der Waals surface area contributed by atoms with E-state index in [1.54, 1.807) is 6.07 Å². The Morgan fingerprint density at radius 3 is 2.12 bits per heavy atom. The molecule has 4 rings (SSSR count). The van der Waals surface area contributed by atoms with Gasteiger partial charge in [0.15, 0.2) is 0 Å². The smallest absolute Gasteiger partial charge is 0.326 e. The van der Waals surface area contributed by atoms with Gasteiger partial charge in [0.25, 0.3) is 5.91 Å². The van der Waals surface area contributed by atoms with Crippen molar-refractivity contribution in [3.8, 4) is 11.5 Å². The average Bonchev–Trinajstić information content (AvgIpc) is 3.16. The number of nitrogens with zero attached hydrogens (tertiary/aromatic N) is 1. The SMILES string of the molecule is CC(C)(C)C[C@H](NC(=O)c1cc2ccc(Oc3ccc(C(C)(C)C)cc3)cc2c(C2CCCCCC2)n1)C(=O)O. The number of pyridine rings is 1. The van der Waals surface area contributed by atoms with Gasteiger partial charge >= 0.3 is 5.97 Å². The molecule has 1 amide bonds. The third-order valence-corrected chi connectivity index (χ3v) is 7.68. The van der Waals surface area contributed by atoms with Gasteiger partial charge in [-0.2, -0.15) is 0 Å². The lowest BCUT2D eigenvalue weighted by atomic mass is 9.87. The lowest BCUT2D eigenvalue weighted by Gasteiger charge is -2.24. The van der Waals surface area contributed by atoms with E-state index in [2.05, 4.69) is 38.2 Å². The van der Waals surface area contributed by atoms with Crippen molar-refractivity contribution in [3.05, 3.63) is 65.5 Å². The molecule has 6 heteroatoms. The number of fused-ring (bicyclic) bond motifs is 1. The zero-order valence-corrected chi connectivity index (χ0v) is 24.8. The molecule has 2 N–H and O–H groups in total. The summed E-state index contributed by atoms with van der Waals surface area (Å²) in [5.74, 6) is 0.244. The van der Waals surface area contributed by atoms with Gasteiger partial charge in [-0.25, -0.2) is 9.78 Å². The molecule has 1 aliphatic carbocycles. The maximum atomic E-state index is 13.3. The van der Waals surface area contributed by atoms with Crippen LogP contribution in [0.2, 0.25) is 0 Å². The summed E-state index contributed by atoms with van der Waals surface area (Å²) in [6.45, 7) is 12.5. The summed E-state index contributed by atoms with van der Waals surface area (Å²) in [7, 11) is 0. The Morgan fingerprint density at radius 2 is 1.55 bits per heavy atom. The Labute approximate surface area is 238 Å². The second kappa shape index (κ2) is 12.0. The summed E-state index contributed by atoms with van der Waals surface area (Å²) < 4.78 is 6.25. The van der Waals surface area contributed by atoms with Crippen molar-refractivity contribution in [1.82, 2.24) is 10.3 Å². The number of aliphatic carboxylic acids is 1. The van der Waals surface area contributed by atoms with Crippen molar-refractivity contribution in [2.24, 2.45) is 5.41 Å². The van der Waals surface area contributed by atoms with Gasteiger partial charge in [-0.3, -0.25) is 4.79 Å². The van der Waals surface area contributed by atoms with Crippen LogP contribution in [0.15, 0.2) is 48.5 Å². The highest BCUT2D eigenvalue weighted by Crippen LogP contribution is 2.37. The van der Waals surface area contributed by atoms with E-state index in [9.17, 15) is 14.7 Å². The third kappa shape index (κ3) is 7.61. The number of aromatic nitrogens is 1. The fourth-order valence-electron chi connectivity index (χ4n) is 5.50. The van der Waals surface area contributed by atoms with E-state index in [0.29, 0.717) is 6.42 Å². The number of hydrogen-bond acceptors (Lipinski definition) is 4. The third-order valence-electron chi connectivity index (χ3n) is 7.68. The second-order valence-corrected chi connectivity index (χ2v) is 13.5. The molecule has 0 radical (unpaired) electrons. The van der Waals surface area contributed by atoms with Gasteiger partial charge in [-0.15, -0.1) is 0 Å². The summed E-state index contributed by atoms with van der Waals surface area (Å²) in [5, 5.41) is 14.4. The summed E-state index contributed by atoms with van der Waals surface area (Å²) >= 11 is 0. The number of carbonyl (C=O) groups is 2. The molecular weight excluding hydrogens is 500 g/mol. The molecule has 0 bridgehead atoms. The van der Waals surface area contributed by atoms with Crippen molar-refractivity contribution < 1.29 is 19.4 Å². The van der Waals surface area contributed by atoms with E-state index < -0.39 is 17.9 Å². The van der Waals surface area contributed by atoms with Crippen LogP contribution in [-0.4, -0.2) is 28.0 Å². The van der Waals surface area contributed by atoms with Crippen molar-refractivity contribution in [2.75, 3.05) is 0 Å². The van der Waals surface area contributed by atoms with Gasteiger partial charge < -0.3 is 15.2 Å². The van der Waals surface area contributed by atoms with Crippen LogP contribution in [0.3, 0.4) is 0 Å². The molecule has 1 fully saturated rings. The van der Waals surface area contributed by atoms with Crippen LogP contribution < -0.4 is 10.1 Å². The van der Waals surface area contributed by atoms with Crippen LogP contribution in [0, 0.1) is 5.41 Å². The number of nitrogens with one attached hydrogen (secondary N) is 1. The second-order valence-electron chi connectivity index (χ2n) is 13.5. The predicted octanol–water partition coefficient (Wildman–Crippen LogP) is 8.38. The standard InChI is InChI=1S/C34H44N2O4/c1-33(2,3)21-29(32(38)39)36-31(37)28-19-23-13-16-26(40-25-17-14-24(15-18-25)34(4,5)6)20-27(23)30(35-28)22-11-9-7-8-10-12-22/h13-20,22,29H,7-12,21H2,1-6H3,(H,36,37)(H,38,39)/t29-/m0/s1. The van der Waals surface area contributed by atoms with Gasteiger partial charge in [-0.1, -0.05) is 85.4 Å². The van der Waals surface area contributed by atoms with Crippen molar-refractivity contribution >= 4 is 22.6 Å². The number of carboxylic acid groups (broad SMARTS) is 1. The first-order chi connectivity index (χ1) is 18.8. The molecule has 1 aromatic heterocycles. The van der Waals surface area contributed by atoms with E-state index in [4.69, 9.17) is 9.72 Å². The summed E-state index contributed by atoms with van der Waals surface area (Å²) in [6.07, 6.45) is 7.05. The number of rotatable bonds is 7. The molecule has 0 spiro atoms. The maximum absolute atomic E-state index is 13.3. The van der Waals surface area contributed by atoms with Crippen LogP contribution in [-0.2, 0) is 10.2 Å². The summed E-state index contributed by atoms with van der Waals surface area (Å²) in [4.78, 5) is 30.2. The van der Waals surface area contributed by atoms with Crippen LogP contribution in [0.25, 0.3) is 10.8 Å². The van der Waals surface area contributed by atoms with Gasteiger partial charge in [-0.05, 0) is 71.4 Å². The Bertz CT molecular complexity index is 1340. The molecule has 3 aromatic rings. The molecule has 40 heavy (non-hydrogen) atoms. The molecule has 1 aliphatic rings. The fourth-order valence-corrected chi connectivity index (χ4v) is 5.50. The van der Waals surface area contributed by atoms with E-state index in [1.807, 2.05) is 51.1 Å². The lowest BCUT2D eigenvalue weighted by Crippen LogP contribution is -2.43. The van der Waals surface area contributed by atoms with E-state index in [1.165, 1.54) is 18.4 Å². The van der Waals surface area contributed by atoms with Gasteiger partial charge in [0.1, 0.15) is 23.2 Å². The van der Waals surface area contributed by atoms with Crippen LogP contribution in [0.5, 0.6) is 11.5 Å². The molecule has 2 aromatic carbocycles. The molecular formula is C34H44N2O4. The highest BCUT2D eigenvalue weighted by Gasteiger charge is 2.28. The van der Waals surface area contributed by atoms with Crippen molar-refractivity contribution in [3.63, 3.8) is 0 Å². The highest BCUT2D eigenvalue weighted by atomic mass is 16.5. The quantitative estimate of drug-likeness (QED) is 0.292. The monoisotopic (exact) mass is 544 g/mol. The van der Waals surface area contributed by atoms with E-state index in [-0.39, 0.29) is 22.4 Å². The topological polar surface area (TPSA) is 88.5 Å². The molecule has 6 nitrogen and oxygen atoms in total. The van der Waals surface area contributed by atoms with Gasteiger partial charge in [0, 0.05) is 11.3 Å². The molecule has 214 valence electrons. The van der Waals surface area contributed by atoms with E-state index in [0.717, 1.165) is 53.6 Å². The Hall–Kier alpha value is -3.41. The average molecular weight is 545 g/mol. The summed E-state index contributed by atoms with van der Waals surface area (Å²) in [5.41, 5.74) is 2.24. The van der Waals surface area contributed by atoms with E-state index >= 15 is 0 Å². The van der Waals surface area contributed by atoms with Crippen LogP contribution in [0.1, 0.15) is 114 Å². The Balaban J connectivity index is 1.69. The number of hydrogen-bond donors (Lipinski definition) is 2. The first-order valence-electron chi connectivity index (χ1n) is 14.6. The largest absolute Gasteiger partial charge is 0.480 e. The molecule has 1 heterocycles. The molecule has 0 unspecified atom stereocenters. The van der Waals surface area contributed by atoms with Crippen LogP contribution in [0.4, 0.5) is 0 Å². The number of carboxylic acids is 1. The Morgan fingerprint density at radius 1 is 0.925 bits per heavy atom.